The van der Waals surface area contributed by atoms with Crippen LogP contribution in [-0.2, 0) is 11.3 Å². The van der Waals surface area contributed by atoms with Crippen LogP contribution in [0.15, 0.2) is 28.7 Å². The summed E-state index contributed by atoms with van der Waals surface area (Å²) in [6, 6.07) is 6.95. The number of tetrazole rings is 1. The molecular weight excluding hydrogens is 340 g/mol. The molecule has 0 aliphatic heterocycles. The van der Waals surface area contributed by atoms with Gasteiger partial charge in [-0.3, -0.25) is 10.1 Å². The first-order valence-corrected chi connectivity index (χ1v) is 6.93. The summed E-state index contributed by atoms with van der Waals surface area (Å²) < 4.78 is 0.963. The third-order valence-electron chi connectivity index (χ3n) is 2.57. The Kier molecular flexibility index (Phi) is 4.99. The van der Waals surface area contributed by atoms with Gasteiger partial charge in [0.2, 0.25) is 11.7 Å². The van der Waals surface area contributed by atoms with Gasteiger partial charge in [0.05, 0.1) is 6.54 Å². The highest BCUT2D eigenvalue weighted by Gasteiger charge is 2.09. The first-order valence-electron chi connectivity index (χ1n) is 6.14. The Bertz CT molecular complexity index is 639. The molecular formula is C12H13BrN6O2. The second-order valence-electron chi connectivity index (χ2n) is 4.09. The summed E-state index contributed by atoms with van der Waals surface area (Å²) in [5, 5.41) is 16.4. The molecule has 2 N–H and O–H groups in total. The van der Waals surface area contributed by atoms with Crippen molar-refractivity contribution in [3.8, 4) is 11.4 Å². The molecule has 2 aromatic rings. The third kappa shape index (κ3) is 4.35. The molecule has 0 spiro atoms. The lowest BCUT2D eigenvalue weighted by Gasteiger charge is -2.01. The number of carbonyl (C=O) groups excluding carboxylic acids is 2. The van der Waals surface area contributed by atoms with E-state index in [0.717, 1.165) is 10.0 Å². The molecule has 21 heavy (non-hydrogen) atoms. The number of rotatable bonds is 4. The Hall–Kier alpha value is -2.29. The number of nitrogens with zero attached hydrogens (tertiary/aromatic N) is 4. The molecule has 8 nitrogen and oxygen atoms in total. The zero-order chi connectivity index (χ0) is 15.2. The predicted octanol–water partition coefficient (Wildman–Crippen LogP) is 0.948. The minimum atomic E-state index is -0.540. The van der Waals surface area contributed by atoms with E-state index in [9.17, 15) is 9.59 Å². The van der Waals surface area contributed by atoms with Crippen molar-refractivity contribution in [1.29, 1.82) is 0 Å². The summed E-state index contributed by atoms with van der Waals surface area (Å²) in [5.41, 5.74) is 0.833. The number of hydrogen-bond donors (Lipinski definition) is 2. The van der Waals surface area contributed by atoms with E-state index < -0.39 is 11.9 Å². The quantitative estimate of drug-likeness (QED) is 0.852. The fraction of sp³-hybridized carbons (Fsp3) is 0.250. The zero-order valence-corrected chi connectivity index (χ0v) is 12.8. The van der Waals surface area contributed by atoms with Crippen molar-refractivity contribution in [2.24, 2.45) is 0 Å². The molecule has 0 atom stereocenters. The molecule has 2 rings (SSSR count). The minimum Gasteiger partial charge on any atom is -0.341 e. The number of halogens is 1. The van der Waals surface area contributed by atoms with Crippen molar-refractivity contribution in [2.45, 2.75) is 13.0 Å². The lowest BCUT2D eigenvalue weighted by molar-refractivity contribution is -0.120. The summed E-state index contributed by atoms with van der Waals surface area (Å²) in [6.07, 6.45) is 0.0869. The van der Waals surface area contributed by atoms with Gasteiger partial charge in [-0.1, -0.05) is 15.9 Å². The van der Waals surface area contributed by atoms with E-state index in [4.69, 9.17) is 0 Å². The van der Waals surface area contributed by atoms with Gasteiger partial charge >= 0.3 is 6.03 Å². The Labute approximate surface area is 129 Å². The number of aryl methyl sites for hydroxylation is 1. The number of amides is 3. The van der Waals surface area contributed by atoms with E-state index in [2.05, 4.69) is 42.0 Å². The van der Waals surface area contributed by atoms with Crippen LogP contribution in [0.4, 0.5) is 4.79 Å². The highest BCUT2D eigenvalue weighted by molar-refractivity contribution is 9.10. The van der Waals surface area contributed by atoms with Gasteiger partial charge in [0.25, 0.3) is 0 Å². The molecule has 1 aromatic heterocycles. The molecule has 0 radical (unpaired) electrons. The summed E-state index contributed by atoms with van der Waals surface area (Å²) in [5.74, 6) is 0.0750. The maximum Gasteiger partial charge on any atom is 0.321 e. The van der Waals surface area contributed by atoms with E-state index in [-0.39, 0.29) is 13.0 Å². The lowest BCUT2D eigenvalue weighted by Crippen LogP contribution is -2.37. The Morgan fingerprint density at radius 1 is 1.29 bits per heavy atom. The van der Waals surface area contributed by atoms with Crippen LogP contribution in [0.2, 0.25) is 0 Å². The van der Waals surface area contributed by atoms with E-state index >= 15 is 0 Å². The van der Waals surface area contributed by atoms with Crippen LogP contribution in [0, 0.1) is 0 Å². The van der Waals surface area contributed by atoms with Crippen molar-refractivity contribution in [1.82, 2.24) is 30.8 Å². The topological polar surface area (TPSA) is 102 Å². The van der Waals surface area contributed by atoms with Crippen molar-refractivity contribution in [3.63, 3.8) is 0 Å². The SMILES string of the molecule is CNC(=O)NC(=O)CCn1nnc(-c2ccc(Br)cc2)n1. The van der Waals surface area contributed by atoms with Crippen LogP contribution in [0.5, 0.6) is 0 Å². The molecule has 0 aliphatic rings. The third-order valence-corrected chi connectivity index (χ3v) is 3.10. The van der Waals surface area contributed by atoms with Crippen molar-refractivity contribution >= 4 is 27.9 Å². The van der Waals surface area contributed by atoms with E-state index in [1.54, 1.807) is 0 Å². The molecule has 1 aromatic carbocycles. The average molecular weight is 353 g/mol. The molecule has 3 amide bonds. The Morgan fingerprint density at radius 2 is 2.00 bits per heavy atom. The van der Waals surface area contributed by atoms with Crippen molar-refractivity contribution in [2.75, 3.05) is 7.05 Å². The molecule has 0 saturated heterocycles. The van der Waals surface area contributed by atoms with Crippen LogP contribution >= 0.6 is 15.9 Å². The van der Waals surface area contributed by atoms with Crippen LogP contribution in [0.3, 0.4) is 0 Å². The van der Waals surface area contributed by atoms with E-state index in [0.29, 0.717) is 5.82 Å². The maximum atomic E-state index is 11.4. The maximum absolute atomic E-state index is 11.4. The van der Waals surface area contributed by atoms with Crippen LogP contribution in [0.25, 0.3) is 11.4 Å². The van der Waals surface area contributed by atoms with Gasteiger partial charge in [-0.15, -0.1) is 10.2 Å². The second kappa shape index (κ2) is 6.93. The Balaban J connectivity index is 1.93. The van der Waals surface area contributed by atoms with Gasteiger partial charge in [0.15, 0.2) is 0 Å². The number of imide groups is 1. The monoisotopic (exact) mass is 352 g/mol. The molecule has 9 heteroatoms. The fourth-order valence-corrected chi connectivity index (χ4v) is 1.77. The molecule has 0 aliphatic carbocycles. The summed E-state index contributed by atoms with van der Waals surface area (Å²) in [7, 11) is 1.44. The minimum absolute atomic E-state index is 0.0869. The van der Waals surface area contributed by atoms with Gasteiger partial charge in [0.1, 0.15) is 0 Å². The van der Waals surface area contributed by atoms with Crippen LogP contribution in [-0.4, -0.2) is 39.2 Å². The number of urea groups is 1. The van der Waals surface area contributed by atoms with E-state index in [1.165, 1.54) is 11.8 Å². The highest BCUT2D eigenvalue weighted by atomic mass is 79.9. The van der Waals surface area contributed by atoms with Gasteiger partial charge < -0.3 is 5.32 Å². The van der Waals surface area contributed by atoms with Crippen molar-refractivity contribution < 1.29 is 9.59 Å². The predicted molar refractivity (Wildman–Crippen MR) is 78.2 cm³/mol. The van der Waals surface area contributed by atoms with Gasteiger partial charge in [-0.25, -0.2) is 4.79 Å². The molecule has 0 fully saturated rings. The number of carbonyl (C=O) groups is 2. The molecule has 0 bridgehead atoms. The van der Waals surface area contributed by atoms with Gasteiger partial charge in [-0.2, -0.15) is 4.80 Å². The lowest BCUT2D eigenvalue weighted by atomic mass is 10.2. The molecule has 0 unspecified atom stereocenters. The van der Waals surface area contributed by atoms with Crippen molar-refractivity contribution in [3.05, 3.63) is 28.7 Å². The number of benzene rings is 1. The Morgan fingerprint density at radius 3 is 2.67 bits per heavy atom. The zero-order valence-electron chi connectivity index (χ0n) is 11.2. The standard InChI is InChI=1S/C12H13BrN6O2/c1-14-12(21)15-10(20)6-7-19-17-11(16-18-19)8-2-4-9(13)5-3-8/h2-5H,6-7H2,1H3,(H2,14,15,20,21). The first-order chi connectivity index (χ1) is 10.1. The number of nitrogens with one attached hydrogen (secondary N) is 2. The summed E-state index contributed by atoms with van der Waals surface area (Å²) in [4.78, 5) is 23.7. The fourth-order valence-electron chi connectivity index (χ4n) is 1.51. The largest absolute Gasteiger partial charge is 0.341 e. The normalized spacial score (nSPS) is 10.2. The van der Waals surface area contributed by atoms with Crippen LogP contribution in [0.1, 0.15) is 6.42 Å². The molecule has 1 heterocycles. The van der Waals surface area contributed by atoms with Gasteiger partial charge in [0, 0.05) is 23.5 Å². The molecule has 0 saturated carbocycles. The smallest absolute Gasteiger partial charge is 0.321 e. The summed E-state index contributed by atoms with van der Waals surface area (Å²) >= 11 is 3.35. The summed E-state index contributed by atoms with van der Waals surface area (Å²) in [6.45, 7) is 0.242. The number of hydrogen-bond acceptors (Lipinski definition) is 5. The van der Waals surface area contributed by atoms with E-state index in [1.807, 2.05) is 24.3 Å². The molecule has 110 valence electrons. The van der Waals surface area contributed by atoms with Crippen LogP contribution < -0.4 is 10.6 Å². The average Bonchev–Trinajstić information content (AvgIpc) is 2.94. The number of aromatic nitrogens is 4. The first kappa shape index (κ1) is 15.1. The second-order valence-corrected chi connectivity index (χ2v) is 5.01. The highest BCUT2D eigenvalue weighted by Crippen LogP contribution is 2.17. The van der Waals surface area contributed by atoms with Gasteiger partial charge in [-0.05, 0) is 29.5 Å².